The van der Waals surface area contributed by atoms with Crippen LogP contribution in [0.2, 0.25) is 0 Å². The summed E-state index contributed by atoms with van der Waals surface area (Å²) in [6.07, 6.45) is 0.739. The number of hydrogen-bond donors (Lipinski definition) is 1. The molecule has 0 saturated carbocycles. The first-order valence-corrected chi connectivity index (χ1v) is 6.66. The van der Waals surface area contributed by atoms with E-state index in [0.29, 0.717) is 12.5 Å². The molecule has 3 nitrogen and oxygen atoms in total. The van der Waals surface area contributed by atoms with Gasteiger partial charge in [-0.1, -0.05) is 29.8 Å². The van der Waals surface area contributed by atoms with Crippen molar-refractivity contribution >= 4 is 0 Å². The zero-order valence-corrected chi connectivity index (χ0v) is 11.3. The fourth-order valence-electron chi connectivity index (χ4n) is 2.43. The average Bonchev–Trinajstić information content (AvgIpc) is 2.82. The second kappa shape index (κ2) is 6.32. The Morgan fingerprint density at radius 3 is 2.72 bits per heavy atom. The van der Waals surface area contributed by atoms with Crippen LogP contribution >= 0.6 is 0 Å². The number of likely N-dealkylation sites (N-methyl/N-ethyl adjacent to an activating group) is 1. The van der Waals surface area contributed by atoms with E-state index in [9.17, 15) is 5.11 Å². The molecule has 1 aromatic carbocycles. The molecule has 1 N–H and O–H groups in total. The molecular weight excluding hydrogens is 226 g/mol. The fraction of sp³-hybridized carbons (Fsp3) is 0.600. The van der Waals surface area contributed by atoms with Crippen molar-refractivity contribution in [1.29, 1.82) is 0 Å². The molecule has 2 rings (SSSR count). The Bertz CT molecular complexity index is 357. The van der Waals surface area contributed by atoms with Crippen LogP contribution in [0.1, 0.15) is 23.7 Å². The van der Waals surface area contributed by atoms with Gasteiger partial charge in [0.05, 0.1) is 12.7 Å². The molecule has 0 spiro atoms. The van der Waals surface area contributed by atoms with Gasteiger partial charge in [-0.2, -0.15) is 0 Å². The van der Waals surface area contributed by atoms with E-state index >= 15 is 0 Å². The normalized spacial score (nSPS) is 21.4. The topological polar surface area (TPSA) is 32.7 Å². The van der Waals surface area contributed by atoms with Crippen molar-refractivity contribution in [2.45, 2.75) is 19.4 Å². The van der Waals surface area contributed by atoms with Crippen LogP contribution in [0.15, 0.2) is 24.3 Å². The van der Waals surface area contributed by atoms with Crippen LogP contribution in [0.3, 0.4) is 0 Å². The minimum absolute atomic E-state index is 0.405. The number of nitrogens with zero attached hydrogens (tertiary/aromatic N) is 1. The smallest absolute Gasteiger partial charge is 0.0916 e. The summed E-state index contributed by atoms with van der Waals surface area (Å²) in [7, 11) is 2.07. The van der Waals surface area contributed by atoms with Crippen molar-refractivity contribution < 1.29 is 9.84 Å². The maximum atomic E-state index is 10.2. The van der Waals surface area contributed by atoms with Crippen molar-refractivity contribution in [3.8, 4) is 0 Å². The van der Waals surface area contributed by atoms with E-state index in [1.165, 1.54) is 5.56 Å². The van der Waals surface area contributed by atoms with Crippen LogP contribution in [-0.2, 0) is 4.74 Å². The summed E-state index contributed by atoms with van der Waals surface area (Å²) in [6, 6.07) is 8.10. The number of aliphatic hydroxyl groups excluding tert-OH is 1. The number of aliphatic hydroxyl groups is 1. The summed E-state index contributed by atoms with van der Waals surface area (Å²) in [5, 5.41) is 10.2. The van der Waals surface area contributed by atoms with Crippen LogP contribution in [-0.4, -0.2) is 43.4 Å². The van der Waals surface area contributed by atoms with E-state index < -0.39 is 6.10 Å². The van der Waals surface area contributed by atoms with Crippen LogP contribution in [0.4, 0.5) is 0 Å². The third-order valence-electron chi connectivity index (χ3n) is 3.54. The molecule has 2 atom stereocenters. The van der Waals surface area contributed by atoms with Crippen LogP contribution in [0, 0.1) is 12.8 Å². The highest BCUT2D eigenvalue weighted by atomic mass is 16.5. The van der Waals surface area contributed by atoms with Gasteiger partial charge in [0, 0.05) is 19.7 Å². The molecule has 100 valence electrons. The Morgan fingerprint density at radius 1 is 1.39 bits per heavy atom. The minimum Gasteiger partial charge on any atom is -0.387 e. The predicted octanol–water partition coefficient (Wildman–Crippen LogP) is 2.00. The number of ether oxygens (including phenoxy) is 1. The van der Waals surface area contributed by atoms with E-state index in [1.807, 2.05) is 24.3 Å². The quantitative estimate of drug-likeness (QED) is 0.866. The van der Waals surface area contributed by atoms with Crippen LogP contribution in [0.5, 0.6) is 0 Å². The summed E-state index contributed by atoms with van der Waals surface area (Å²) in [4.78, 5) is 2.20. The number of aryl methyl sites for hydroxylation is 1. The van der Waals surface area contributed by atoms with Gasteiger partial charge in [0.1, 0.15) is 0 Å². The zero-order valence-electron chi connectivity index (χ0n) is 11.3. The molecule has 1 aromatic rings. The predicted molar refractivity (Wildman–Crippen MR) is 72.6 cm³/mol. The Labute approximate surface area is 109 Å². The van der Waals surface area contributed by atoms with Gasteiger partial charge in [0.15, 0.2) is 0 Å². The lowest BCUT2D eigenvalue weighted by atomic mass is 10.1. The summed E-state index contributed by atoms with van der Waals surface area (Å²) in [5.41, 5.74) is 2.22. The Balaban J connectivity index is 1.82. The molecule has 1 aliphatic rings. The van der Waals surface area contributed by atoms with Crippen molar-refractivity contribution in [1.82, 2.24) is 4.90 Å². The molecule has 1 aliphatic heterocycles. The Morgan fingerprint density at radius 2 is 2.11 bits per heavy atom. The first-order chi connectivity index (χ1) is 8.65. The Hall–Kier alpha value is -0.900. The van der Waals surface area contributed by atoms with E-state index in [-0.39, 0.29) is 0 Å². The maximum Gasteiger partial charge on any atom is 0.0916 e. The van der Waals surface area contributed by atoms with Gasteiger partial charge in [-0.15, -0.1) is 0 Å². The number of hydrogen-bond acceptors (Lipinski definition) is 3. The molecule has 1 heterocycles. The highest BCUT2D eigenvalue weighted by molar-refractivity contribution is 5.23. The molecule has 0 amide bonds. The Kier molecular flexibility index (Phi) is 4.75. The van der Waals surface area contributed by atoms with Crippen molar-refractivity contribution in [3.05, 3.63) is 35.4 Å². The van der Waals surface area contributed by atoms with E-state index in [0.717, 1.165) is 31.7 Å². The highest BCUT2D eigenvalue weighted by Gasteiger charge is 2.19. The molecule has 18 heavy (non-hydrogen) atoms. The molecule has 1 fully saturated rings. The monoisotopic (exact) mass is 249 g/mol. The van der Waals surface area contributed by atoms with E-state index in [4.69, 9.17) is 4.74 Å². The number of rotatable bonds is 5. The van der Waals surface area contributed by atoms with E-state index in [2.05, 4.69) is 18.9 Å². The molecule has 0 aromatic heterocycles. The fourth-order valence-corrected chi connectivity index (χ4v) is 2.43. The third kappa shape index (κ3) is 3.80. The summed E-state index contributed by atoms with van der Waals surface area (Å²) < 4.78 is 5.37. The van der Waals surface area contributed by atoms with Gasteiger partial charge < -0.3 is 14.7 Å². The number of benzene rings is 1. The summed E-state index contributed by atoms with van der Waals surface area (Å²) >= 11 is 0. The SMILES string of the molecule is Cc1ccc(C(O)CN(C)CC2CCOC2)cc1. The van der Waals surface area contributed by atoms with Gasteiger partial charge in [-0.05, 0) is 31.9 Å². The largest absolute Gasteiger partial charge is 0.387 e. The lowest BCUT2D eigenvalue weighted by Crippen LogP contribution is -2.30. The average molecular weight is 249 g/mol. The summed E-state index contributed by atoms with van der Waals surface area (Å²) in [5.74, 6) is 0.625. The first-order valence-electron chi connectivity index (χ1n) is 6.66. The summed E-state index contributed by atoms with van der Waals surface area (Å²) in [6.45, 7) is 5.49. The standard InChI is InChI=1S/C15H23NO2/c1-12-3-5-14(6-4-12)15(17)10-16(2)9-13-7-8-18-11-13/h3-6,13,15,17H,7-11H2,1-2H3. The molecule has 0 aliphatic carbocycles. The van der Waals surface area contributed by atoms with E-state index in [1.54, 1.807) is 0 Å². The van der Waals surface area contributed by atoms with Gasteiger partial charge >= 0.3 is 0 Å². The second-order valence-electron chi connectivity index (χ2n) is 5.38. The lowest BCUT2D eigenvalue weighted by molar-refractivity contribution is 0.113. The maximum absolute atomic E-state index is 10.2. The first kappa shape index (κ1) is 13.5. The van der Waals surface area contributed by atoms with Crippen LogP contribution < -0.4 is 0 Å². The molecular formula is C15H23NO2. The van der Waals surface area contributed by atoms with Gasteiger partial charge in [-0.3, -0.25) is 0 Å². The molecule has 0 bridgehead atoms. The third-order valence-corrected chi connectivity index (χ3v) is 3.54. The molecule has 3 heteroatoms. The second-order valence-corrected chi connectivity index (χ2v) is 5.38. The minimum atomic E-state index is -0.405. The molecule has 0 radical (unpaired) electrons. The van der Waals surface area contributed by atoms with Gasteiger partial charge in [0.2, 0.25) is 0 Å². The zero-order chi connectivity index (χ0) is 13.0. The van der Waals surface area contributed by atoms with Gasteiger partial charge in [0.25, 0.3) is 0 Å². The van der Waals surface area contributed by atoms with Crippen LogP contribution in [0.25, 0.3) is 0 Å². The van der Waals surface area contributed by atoms with Crippen molar-refractivity contribution in [3.63, 3.8) is 0 Å². The lowest BCUT2D eigenvalue weighted by Gasteiger charge is -2.23. The highest BCUT2D eigenvalue weighted by Crippen LogP contribution is 2.17. The molecule has 2 unspecified atom stereocenters. The van der Waals surface area contributed by atoms with Crippen molar-refractivity contribution in [2.75, 3.05) is 33.4 Å². The molecule has 1 saturated heterocycles. The van der Waals surface area contributed by atoms with Gasteiger partial charge in [-0.25, -0.2) is 0 Å². The van der Waals surface area contributed by atoms with Crippen molar-refractivity contribution in [2.24, 2.45) is 5.92 Å².